The van der Waals surface area contributed by atoms with E-state index in [0.29, 0.717) is 39.1 Å². The van der Waals surface area contributed by atoms with Crippen LogP contribution < -0.4 is 10.1 Å². The SMILES string of the molecule is CCN(CCc1ccncc1)C(=O)[C@@H]1C[C@H](C(=O)NCC2(CCCCOC)c3ccccc3Oc3ccccc32)CN(C(=O)OC(C)(C)C)C1. The molecule has 1 saturated heterocycles. The first-order valence-corrected chi connectivity index (χ1v) is 17.8. The van der Waals surface area contributed by atoms with E-state index in [0.717, 1.165) is 47.5 Å². The molecule has 2 atom stereocenters. The average Bonchev–Trinajstić information content (AvgIpc) is 3.12. The van der Waals surface area contributed by atoms with Gasteiger partial charge in [0, 0.05) is 75.4 Å². The van der Waals surface area contributed by atoms with Crippen molar-refractivity contribution in [3.05, 3.63) is 89.7 Å². The third kappa shape index (κ3) is 8.82. The molecule has 1 N–H and O–H groups in total. The Labute approximate surface area is 296 Å². The van der Waals surface area contributed by atoms with Gasteiger partial charge in [0.15, 0.2) is 0 Å². The van der Waals surface area contributed by atoms with E-state index < -0.39 is 28.9 Å². The molecule has 1 fully saturated rings. The second-order valence-electron chi connectivity index (χ2n) is 14.4. The zero-order valence-corrected chi connectivity index (χ0v) is 30.2. The van der Waals surface area contributed by atoms with E-state index in [2.05, 4.69) is 22.4 Å². The van der Waals surface area contributed by atoms with Crippen molar-refractivity contribution in [3.8, 4) is 11.5 Å². The Hall–Kier alpha value is -4.44. The molecule has 0 bridgehead atoms. The highest BCUT2D eigenvalue weighted by Crippen LogP contribution is 2.50. The summed E-state index contributed by atoms with van der Waals surface area (Å²) in [7, 11) is 1.71. The smallest absolute Gasteiger partial charge is 0.410 e. The number of nitrogens with one attached hydrogen (secondary N) is 1. The average molecular weight is 685 g/mol. The molecule has 0 spiro atoms. The van der Waals surface area contributed by atoms with Crippen molar-refractivity contribution in [2.24, 2.45) is 11.8 Å². The number of amides is 3. The molecule has 0 radical (unpaired) electrons. The minimum Gasteiger partial charge on any atom is -0.457 e. The minimum atomic E-state index is -0.717. The molecule has 3 amide bonds. The Bertz CT molecular complexity index is 1560. The number of methoxy groups -OCH3 is 1. The number of carbonyl (C=O) groups excluding carboxylic acids is 3. The zero-order valence-electron chi connectivity index (χ0n) is 30.2. The molecule has 2 aliphatic rings. The summed E-state index contributed by atoms with van der Waals surface area (Å²) in [5.41, 5.74) is 1.88. The van der Waals surface area contributed by atoms with Gasteiger partial charge in [0.2, 0.25) is 11.8 Å². The van der Waals surface area contributed by atoms with Crippen LogP contribution in [0, 0.1) is 11.8 Å². The van der Waals surface area contributed by atoms with Gasteiger partial charge in [0.1, 0.15) is 17.1 Å². The number of carbonyl (C=O) groups is 3. The van der Waals surface area contributed by atoms with E-state index in [9.17, 15) is 14.4 Å². The van der Waals surface area contributed by atoms with Crippen molar-refractivity contribution in [3.63, 3.8) is 0 Å². The number of benzene rings is 2. The number of fused-ring (bicyclic) bond motifs is 2. The van der Waals surface area contributed by atoms with Gasteiger partial charge in [-0.2, -0.15) is 0 Å². The van der Waals surface area contributed by atoms with Gasteiger partial charge < -0.3 is 29.3 Å². The summed E-state index contributed by atoms with van der Waals surface area (Å²) >= 11 is 0. The third-order valence-corrected chi connectivity index (χ3v) is 9.73. The lowest BCUT2D eigenvalue weighted by Crippen LogP contribution is -2.54. The van der Waals surface area contributed by atoms with Crippen LogP contribution >= 0.6 is 0 Å². The van der Waals surface area contributed by atoms with Crippen LogP contribution in [0.2, 0.25) is 0 Å². The van der Waals surface area contributed by atoms with Crippen molar-refractivity contribution < 1.29 is 28.6 Å². The molecule has 268 valence electrons. The fourth-order valence-electron chi connectivity index (χ4n) is 7.21. The van der Waals surface area contributed by atoms with Crippen molar-refractivity contribution in [2.45, 2.75) is 70.8 Å². The van der Waals surface area contributed by atoms with E-state index in [1.165, 1.54) is 4.90 Å². The lowest BCUT2D eigenvalue weighted by molar-refractivity contribution is -0.139. The molecule has 0 saturated carbocycles. The van der Waals surface area contributed by atoms with Crippen LogP contribution in [0.15, 0.2) is 73.1 Å². The minimum absolute atomic E-state index is 0.0606. The number of hydrogen-bond acceptors (Lipinski definition) is 7. The molecule has 2 aromatic carbocycles. The number of rotatable bonds is 13. The van der Waals surface area contributed by atoms with Crippen LogP contribution in [0.25, 0.3) is 0 Å². The lowest BCUT2D eigenvalue weighted by Gasteiger charge is -2.42. The number of nitrogens with zero attached hydrogens (tertiary/aromatic N) is 3. The maximum Gasteiger partial charge on any atom is 0.410 e. The van der Waals surface area contributed by atoms with Gasteiger partial charge >= 0.3 is 6.09 Å². The van der Waals surface area contributed by atoms with Crippen molar-refractivity contribution in [1.82, 2.24) is 20.1 Å². The topological polar surface area (TPSA) is 110 Å². The number of pyridine rings is 1. The fourth-order valence-corrected chi connectivity index (χ4v) is 7.21. The molecule has 50 heavy (non-hydrogen) atoms. The number of ether oxygens (including phenoxy) is 3. The highest BCUT2D eigenvalue weighted by Gasteiger charge is 2.44. The highest BCUT2D eigenvalue weighted by atomic mass is 16.6. The van der Waals surface area contributed by atoms with E-state index in [-0.39, 0.29) is 24.9 Å². The van der Waals surface area contributed by atoms with Gasteiger partial charge in [0.25, 0.3) is 0 Å². The normalized spacial score (nSPS) is 17.9. The molecule has 0 unspecified atom stereocenters. The molecule has 5 rings (SSSR count). The van der Waals surface area contributed by atoms with E-state index >= 15 is 0 Å². The second-order valence-corrected chi connectivity index (χ2v) is 14.4. The Morgan fingerprint density at radius 1 is 0.960 bits per heavy atom. The number of likely N-dealkylation sites (N-methyl/N-ethyl adjacent to an activating group) is 1. The number of aromatic nitrogens is 1. The summed E-state index contributed by atoms with van der Waals surface area (Å²) in [6.07, 6.45) is 6.53. The van der Waals surface area contributed by atoms with Crippen LogP contribution in [0.4, 0.5) is 4.79 Å². The predicted molar refractivity (Wildman–Crippen MR) is 192 cm³/mol. The van der Waals surface area contributed by atoms with Gasteiger partial charge in [-0.1, -0.05) is 36.4 Å². The van der Waals surface area contributed by atoms with Crippen LogP contribution in [-0.2, 0) is 30.9 Å². The molecule has 0 aliphatic carbocycles. The second kappa shape index (κ2) is 16.5. The molecule has 3 heterocycles. The number of unbranched alkanes of at least 4 members (excludes halogenated alkanes) is 1. The summed E-state index contributed by atoms with van der Waals surface area (Å²) < 4.78 is 17.4. The molecule has 10 heteroatoms. The number of para-hydroxylation sites is 2. The predicted octanol–water partition coefficient (Wildman–Crippen LogP) is 6.37. The largest absolute Gasteiger partial charge is 0.457 e. The first-order valence-electron chi connectivity index (χ1n) is 17.8. The molecular formula is C40H52N4O6. The molecule has 2 aliphatic heterocycles. The zero-order chi connectivity index (χ0) is 35.7. The summed E-state index contributed by atoms with van der Waals surface area (Å²) in [5.74, 6) is 0.163. The van der Waals surface area contributed by atoms with Gasteiger partial charge in [-0.3, -0.25) is 14.6 Å². The Morgan fingerprint density at radius 3 is 2.22 bits per heavy atom. The quantitative estimate of drug-likeness (QED) is 0.209. The van der Waals surface area contributed by atoms with Crippen LogP contribution in [-0.4, -0.2) is 84.7 Å². The maximum atomic E-state index is 14.3. The molecule has 10 nitrogen and oxygen atoms in total. The number of piperidine rings is 1. The Kier molecular flexibility index (Phi) is 12.2. The maximum absolute atomic E-state index is 14.3. The highest BCUT2D eigenvalue weighted by molar-refractivity contribution is 5.84. The first-order chi connectivity index (χ1) is 24.0. The van der Waals surface area contributed by atoms with Crippen LogP contribution in [0.1, 0.15) is 70.1 Å². The first kappa shape index (κ1) is 36.8. The molecular weight excluding hydrogens is 632 g/mol. The van der Waals surface area contributed by atoms with Gasteiger partial charge in [-0.05, 0) is 89.6 Å². The van der Waals surface area contributed by atoms with Crippen molar-refractivity contribution >= 4 is 17.9 Å². The van der Waals surface area contributed by atoms with Crippen LogP contribution in [0.5, 0.6) is 11.5 Å². The molecule has 3 aromatic rings. The fraction of sp³-hybridized carbons (Fsp3) is 0.500. The van der Waals surface area contributed by atoms with E-state index in [4.69, 9.17) is 14.2 Å². The number of hydrogen-bond donors (Lipinski definition) is 1. The van der Waals surface area contributed by atoms with Gasteiger partial charge in [-0.15, -0.1) is 0 Å². The monoisotopic (exact) mass is 684 g/mol. The Balaban J connectivity index is 1.39. The van der Waals surface area contributed by atoms with Gasteiger partial charge in [-0.25, -0.2) is 4.79 Å². The third-order valence-electron chi connectivity index (χ3n) is 9.73. The summed E-state index contributed by atoms with van der Waals surface area (Å²) in [6, 6.07) is 19.9. The summed E-state index contributed by atoms with van der Waals surface area (Å²) in [5, 5.41) is 3.31. The lowest BCUT2D eigenvalue weighted by atomic mass is 9.69. The summed E-state index contributed by atoms with van der Waals surface area (Å²) in [4.78, 5) is 49.2. The van der Waals surface area contributed by atoms with Crippen molar-refractivity contribution in [1.29, 1.82) is 0 Å². The molecule has 1 aromatic heterocycles. The van der Waals surface area contributed by atoms with Crippen molar-refractivity contribution in [2.75, 3.05) is 46.4 Å². The Morgan fingerprint density at radius 2 is 1.60 bits per heavy atom. The van der Waals surface area contributed by atoms with Crippen LogP contribution in [0.3, 0.4) is 0 Å². The standard InChI is InChI=1S/C40H52N4O6/c1-6-43(23-19-29-17-21-41-22-18-29)37(46)31-25-30(26-44(27-31)38(47)50-39(2,3)4)36(45)42-28-40(20-11-12-24-48-5)32-13-7-9-15-34(32)49-35-16-10-8-14-33(35)40/h7-10,13-18,21-22,30-31H,6,11-12,19-20,23-28H2,1-5H3,(H,42,45)/t30-,31+/m0/s1. The van der Waals surface area contributed by atoms with Gasteiger partial charge in [0.05, 0.1) is 11.8 Å². The summed E-state index contributed by atoms with van der Waals surface area (Å²) in [6.45, 7) is 9.82. The van der Waals surface area contributed by atoms with E-state index in [1.54, 1.807) is 19.5 Å². The number of likely N-dealkylation sites (tertiary alicyclic amines) is 1. The van der Waals surface area contributed by atoms with E-state index in [1.807, 2.05) is 81.1 Å².